The van der Waals surface area contributed by atoms with Gasteiger partial charge in [0.2, 0.25) is 0 Å². The van der Waals surface area contributed by atoms with E-state index in [1.54, 1.807) is 12.5 Å². The van der Waals surface area contributed by atoms with Crippen LogP contribution in [0.4, 0.5) is 0 Å². The Balaban J connectivity index is 1.53. The van der Waals surface area contributed by atoms with Crippen molar-refractivity contribution < 1.29 is 4.42 Å². The molecule has 0 aliphatic rings. The molecular formula is C22H17N7O. The second kappa shape index (κ2) is 6.15. The van der Waals surface area contributed by atoms with Crippen molar-refractivity contribution >= 4 is 21.9 Å². The molecule has 0 aromatic carbocycles. The number of aryl methyl sites for hydroxylation is 1. The van der Waals surface area contributed by atoms with Crippen LogP contribution in [0.1, 0.15) is 5.82 Å². The summed E-state index contributed by atoms with van der Waals surface area (Å²) in [5.74, 6) is 0.939. The van der Waals surface area contributed by atoms with Gasteiger partial charge >= 0.3 is 0 Å². The summed E-state index contributed by atoms with van der Waals surface area (Å²) < 4.78 is 7.28. The van der Waals surface area contributed by atoms with Crippen LogP contribution in [-0.2, 0) is 7.05 Å². The Morgan fingerprint density at radius 2 is 2.00 bits per heavy atom. The number of hydrogen-bond donors (Lipinski definition) is 2. The Kier molecular flexibility index (Phi) is 3.43. The van der Waals surface area contributed by atoms with E-state index in [-0.39, 0.29) is 0 Å². The van der Waals surface area contributed by atoms with Gasteiger partial charge in [0.15, 0.2) is 0 Å². The molecule has 0 bridgehead atoms. The van der Waals surface area contributed by atoms with Crippen LogP contribution in [0.15, 0.2) is 59.8 Å². The van der Waals surface area contributed by atoms with Crippen molar-refractivity contribution in [1.82, 2.24) is 34.7 Å². The first-order chi connectivity index (χ1) is 14.7. The highest BCUT2D eigenvalue weighted by Crippen LogP contribution is 2.33. The zero-order chi connectivity index (χ0) is 20.2. The highest BCUT2D eigenvalue weighted by atomic mass is 16.3. The summed E-state index contributed by atoms with van der Waals surface area (Å²) in [4.78, 5) is 17.1. The first-order valence-corrected chi connectivity index (χ1v) is 9.52. The van der Waals surface area contributed by atoms with Crippen molar-refractivity contribution in [2.75, 3.05) is 0 Å². The van der Waals surface area contributed by atoms with Crippen LogP contribution in [0, 0.1) is 6.92 Å². The molecule has 0 aliphatic carbocycles. The van der Waals surface area contributed by atoms with Crippen molar-refractivity contribution in [1.29, 1.82) is 0 Å². The molecule has 30 heavy (non-hydrogen) atoms. The van der Waals surface area contributed by atoms with Crippen LogP contribution < -0.4 is 0 Å². The van der Waals surface area contributed by atoms with Gasteiger partial charge in [-0.3, -0.25) is 10.1 Å². The molecule has 0 unspecified atom stereocenters. The van der Waals surface area contributed by atoms with Gasteiger partial charge < -0.3 is 14.0 Å². The van der Waals surface area contributed by atoms with Crippen molar-refractivity contribution in [2.24, 2.45) is 7.05 Å². The second-order valence-corrected chi connectivity index (χ2v) is 7.26. The smallest absolute Gasteiger partial charge is 0.135 e. The molecule has 6 aromatic rings. The van der Waals surface area contributed by atoms with Gasteiger partial charge in [-0.1, -0.05) is 0 Å². The largest absolute Gasteiger partial charge is 0.472 e. The molecule has 0 saturated carbocycles. The van der Waals surface area contributed by atoms with Gasteiger partial charge in [0.25, 0.3) is 0 Å². The van der Waals surface area contributed by atoms with Gasteiger partial charge in [-0.2, -0.15) is 5.10 Å². The van der Waals surface area contributed by atoms with Crippen molar-refractivity contribution in [3.63, 3.8) is 0 Å². The Bertz CT molecular complexity index is 1520. The fourth-order valence-electron chi connectivity index (χ4n) is 3.80. The van der Waals surface area contributed by atoms with Crippen LogP contribution in [-0.4, -0.2) is 34.7 Å². The number of aromatic nitrogens is 7. The molecule has 0 atom stereocenters. The Morgan fingerprint density at radius 3 is 2.80 bits per heavy atom. The Labute approximate surface area is 170 Å². The minimum absolute atomic E-state index is 0.764. The maximum atomic E-state index is 5.25. The fraction of sp³-hybridized carbons (Fsp3) is 0.0909. The summed E-state index contributed by atoms with van der Waals surface area (Å²) in [6.07, 6.45) is 8.88. The summed E-state index contributed by atoms with van der Waals surface area (Å²) in [5.41, 5.74) is 8.04. The van der Waals surface area contributed by atoms with E-state index in [2.05, 4.69) is 31.2 Å². The molecule has 146 valence electrons. The molecule has 8 nitrogen and oxygen atoms in total. The van der Waals surface area contributed by atoms with Crippen LogP contribution >= 0.6 is 0 Å². The number of hydrogen-bond acceptors (Lipinski definition) is 5. The molecule has 8 heteroatoms. The van der Waals surface area contributed by atoms with E-state index in [1.165, 1.54) is 0 Å². The topological polar surface area (TPSA) is 101 Å². The number of imidazole rings is 1. The number of rotatable bonds is 3. The maximum Gasteiger partial charge on any atom is 0.135 e. The lowest BCUT2D eigenvalue weighted by Crippen LogP contribution is -1.96. The van der Waals surface area contributed by atoms with Gasteiger partial charge in [-0.25, -0.2) is 9.97 Å². The second-order valence-electron chi connectivity index (χ2n) is 7.26. The summed E-state index contributed by atoms with van der Waals surface area (Å²) >= 11 is 0. The van der Waals surface area contributed by atoms with Crippen LogP contribution in [0.3, 0.4) is 0 Å². The molecule has 0 aliphatic heterocycles. The minimum Gasteiger partial charge on any atom is -0.472 e. The highest BCUT2D eigenvalue weighted by Gasteiger charge is 2.16. The lowest BCUT2D eigenvalue weighted by molar-refractivity contribution is 0.568. The average Bonchev–Trinajstić information content (AvgIpc) is 3.54. The van der Waals surface area contributed by atoms with Crippen LogP contribution in [0.2, 0.25) is 0 Å². The fourth-order valence-corrected chi connectivity index (χ4v) is 3.80. The van der Waals surface area contributed by atoms with Crippen molar-refractivity contribution in [3.05, 3.63) is 61.2 Å². The number of aromatic amines is 2. The Morgan fingerprint density at radius 1 is 1.07 bits per heavy atom. The number of pyridine rings is 2. The Hall–Kier alpha value is -4.20. The summed E-state index contributed by atoms with van der Waals surface area (Å²) in [5, 5.41) is 8.67. The number of H-pyrrole nitrogens is 2. The van der Waals surface area contributed by atoms with Crippen molar-refractivity contribution in [2.45, 2.75) is 6.92 Å². The molecule has 6 rings (SSSR count). The standard InChI is InChI=1S/C22H17N7O/c1-12-24-10-20(29(12)2)16-3-4-17-21(26-16)22(28-27-17)18-7-14-15(13-5-6-30-11-13)8-23-9-19(14)25-18/h3-11,25H,1-2H3,(H,27,28). The molecule has 0 saturated heterocycles. The normalized spacial score (nSPS) is 11.7. The molecule has 0 radical (unpaired) electrons. The summed E-state index contributed by atoms with van der Waals surface area (Å²) in [7, 11) is 1.99. The van der Waals surface area contributed by atoms with E-state index in [9.17, 15) is 0 Å². The summed E-state index contributed by atoms with van der Waals surface area (Å²) in [6.45, 7) is 1.97. The van der Waals surface area contributed by atoms with Crippen molar-refractivity contribution in [3.8, 4) is 33.9 Å². The first kappa shape index (κ1) is 16.7. The van der Waals surface area contributed by atoms with E-state index in [0.29, 0.717) is 0 Å². The molecule has 0 fully saturated rings. The highest BCUT2D eigenvalue weighted by molar-refractivity contribution is 5.99. The third kappa shape index (κ3) is 2.40. The molecule has 0 spiro atoms. The zero-order valence-electron chi connectivity index (χ0n) is 16.3. The number of nitrogens with zero attached hydrogens (tertiary/aromatic N) is 5. The molecule has 6 aromatic heterocycles. The van der Waals surface area contributed by atoms with Gasteiger partial charge in [0, 0.05) is 29.8 Å². The lowest BCUT2D eigenvalue weighted by atomic mass is 10.1. The van der Waals surface area contributed by atoms with Gasteiger partial charge in [0.1, 0.15) is 17.0 Å². The zero-order valence-corrected chi connectivity index (χ0v) is 16.3. The van der Waals surface area contributed by atoms with E-state index in [0.717, 1.165) is 61.7 Å². The van der Waals surface area contributed by atoms with E-state index in [1.807, 2.05) is 55.3 Å². The lowest BCUT2D eigenvalue weighted by Gasteiger charge is -2.03. The maximum absolute atomic E-state index is 5.25. The SMILES string of the molecule is Cc1ncc(-c2ccc3[nH]nc(-c4cc5c(-c6ccoc6)cncc5[nH]4)c3n2)n1C. The predicted octanol–water partition coefficient (Wildman–Crippen LogP) is 4.47. The average molecular weight is 395 g/mol. The predicted molar refractivity (Wildman–Crippen MR) is 114 cm³/mol. The van der Waals surface area contributed by atoms with Gasteiger partial charge in [-0.15, -0.1) is 0 Å². The third-order valence-corrected chi connectivity index (χ3v) is 5.52. The number of nitrogens with one attached hydrogen (secondary N) is 2. The third-order valence-electron chi connectivity index (χ3n) is 5.52. The quantitative estimate of drug-likeness (QED) is 0.460. The van der Waals surface area contributed by atoms with E-state index < -0.39 is 0 Å². The molecule has 6 heterocycles. The monoisotopic (exact) mass is 395 g/mol. The first-order valence-electron chi connectivity index (χ1n) is 9.52. The number of furan rings is 1. The van der Waals surface area contributed by atoms with E-state index in [4.69, 9.17) is 9.40 Å². The summed E-state index contributed by atoms with van der Waals surface area (Å²) in [6, 6.07) is 7.98. The minimum atomic E-state index is 0.764. The molecule has 2 N–H and O–H groups in total. The van der Waals surface area contributed by atoms with E-state index >= 15 is 0 Å². The number of fused-ring (bicyclic) bond motifs is 2. The van der Waals surface area contributed by atoms with Gasteiger partial charge in [-0.05, 0) is 31.2 Å². The van der Waals surface area contributed by atoms with Gasteiger partial charge in [0.05, 0.1) is 53.0 Å². The van der Waals surface area contributed by atoms with Crippen LogP contribution in [0.25, 0.3) is 55.8 Å². The molecular weight excluding hydrogens is 378 g/mol. The molecule has 0 amide bonds. The van der Waals surface area contributed by atoms with Crippen LogP contribution in [0.5, 0.6) is 0 Å².